The second kappa shape index (κ2) is 7.56. The minimum Gasteiger partial charge on any atom is -0.393 e. The first-order valence-corrected chi connectivity index (χ1v) is 5.03. The first-order chi connectivity index (χ1) is 5.66. The van der Waals surface area contributed by atoms with Crippen LogP contribution in [0.4, 0.5) is 0 Å². The van der Waals surface area contributed by atoms with Gasteiger partial charge in [0.05, 0.1) is 12.2 Å². The Morgan fingerprint density at radius 2 is 1.58 bits per heavy atom. The van der Waals surface area contributed by atoms with Crippen LogP contribution in [0.15, 0.2) is 0 Å². The SMILES string of the molecule is CCC(O)CCCCCC(C)O. The zero-order valence-electron chi connectivity index (χ0n) is 8.29. The summed E-state index contributed by atoms with van der Waals surface area (Å²) < 4.78 is 0. The Morgan fingerprint density at radius 1 is 1.00 bits per heavy atom. The molecule has 0 saturated heterocycles. The maximum absolute atomic E-state index is 9.22. The molecule has 0 aliphatic heterocycles. The van der Waals surface area contributed by atoms with Crippen LogP contribution in [0.1, 0.15) is 52.4 Å². The van der Waals surface area contributed by atoms with Crippen LogP contribution in [0.2, 0.25) is 0 Å². The molecule has 0 amide bonds. The smallest absolute Gasteiger partial charge is 0.0537 e. The molecule has 0 aliphatic carbocycles. The molecule has 0 bridgehead atoms. The Balaban J connectivity index is 3.00. The van der Waals surface area contributed by atoms with Crippen LogP contribution < -0.4 is 0 Å². The van der Waals surface area contributed by atoms with Gasteiger partial charge < -0.3 is 10.2 Å². The third kappa shape index (κ3) is 8.02. The fourth-order valence-electron chi connectivity index (χ4n) is 1.20. The molecule has 12 heavy (non-hydrogen) atoms. The maximum Gasteiger partial charge on any atom is 0.0537 e. The summed E-state index contributed by atoms with van der Waals surface area (Å²) in [5.41, 5.74) is 0. The monoisotopic (exact) mass is 174 g/mol. The zero-order chi connectivity index (χ0) is 9.40. The molecule has 0 aromatic rings. The van der Waals surface area contributed by atoms with Gasteiger partial charge in [-0.25, -0.2) is 0 Å². The number of unbranched alkanes of at least 4 members (excludes halogenated alkanes) is 2. The molecular weight excluding hydrogens is 152 g/mol. The minimum absolute atomic E-state index is 0.114. The van der Waals surface area contributed by atoms with E-state index in [2.05, 4.69) is 0 Å². The molecule has 0 spiro atoms. The number of rotatable bonds is 7. The predicted molar refractivity (Wildman–Crippen MR) is 51.1 cm³/mol. The molecule has 0 aliphatic rings. The molecule has 0 aromatic heterocycles. The molecule has 2 N–H and O–H groups in total. The largest absolute Gasteiger partial charge is 0.393 e. The van der Waals surface area contributed by atoms with Gasteiger partial charge in [-0.15, -0.1) is 0 Å². The van der Waals surface area contributed by atoms with Crippen molar-refractivity contribution in [2.24, 2.45) is 0 Å². The standard InChI is InChI=1S/C10H22O2/c1-3-10(12)8-6-4-5-7-9(2)11/h9-12H,3-8H2,1-2H3. The Kier molecular flexibility index (Phi) is 7.51. The van der Waals surface area contributed by atoms with E-state index in [-0.39, 0.29) is 12.2 Å². The quantitative estimate of drug-likeness (QED) is 0.580. The van der Waals surface area contributed by atoms with E-state index in [1.807, 2.05) is 13.8 Å². The van der Waals surface area contributed by atoms with Gasteiger partial charge in [0.15, 0.2) is 0 Å². The molecule has 0 fully saturated rings. The van der Waals surface area contributed by atoms with E-state index in [0.29, 0.717) is 0 Å². The van der Waals surface area contributed by atoms with E-state index in [1.54, 1.807) is 0 Å². The van der Waals surface area contributed by atoms with Gasteiger partial charge in [-0.05, 0) is 26.2 Å². The fraction of sp³-hybridized carbons (Fsp3) is 1.00. The summed E-state index contributed by atoms with van der Waals surface area (Å²) in [6.45, 7) is 3.82. The van der Waals surface area contributed by atoms with Crippen molar-refractivity contribution in [2.75, 3.05) is 0 Å². The lowest BCUT2D eigenvalue weighted by Crippen LogP contribution is -2.04. The van der Waals surface area contributed by atoms with Crippen LogP contribution in [0.5, 0.6) is 0 Å². The second-order valence-corrected chi connectivity index (χ2v) is 3.55. The Bertz CT molecular complexity index is 91.8. The summed E-state index contributed by atoms with van der Waals surface area (Å²) >= 11 is 0. The van der Waals surface area contributed by atoms with Crippen molar-refractivity contribution in [2.45, 2.75) is 64.6 Å². The lowest BCUT2D eigenvalue weighted by molar-refractivity contribution is 0.153. The summed E-state index contributed by atoms with van der Waals surface area (Å²) in [7, 11) is 0. The third-order valence-electron chi connectivity index (χ3n) is 2.13. The highest BCUT2D eigenvalue weighted by atomic mass is 16.3. The van der Waals surface area contributed by atoms with Crippen LogP contribution in [-0.2, 0) is 0 Å². The topological polar surface area (TPSA) is 40.5 Å². The normalized spacial score (nSPS) is 16.0. The molecule has 2 heteroatoms. The van der Waals surface area contributed by atoms with Crippen molar-refractivity contribution in [3.63, 3.8) is 0 Å². The third-order valence-corrected chi connectivity index (χ3v) is 2.13. The minimum atomic E-state index is -0.166. The van der Waals surface area contributed by atoms with Crippen LogP contribution in [0.3, 0.4) is 0 Å². The highest BCUT2D eigenvalue weighted by molar-refractivity contribution is 4.54. The number of aliphatic hydroxyl groups excluding tert-OH is 2. The van der Waals surface area contributed by atoms with Crippen molar-refractivity contribution in [1.29, 1.82) is 0 Å². The molecule has 0 aromatic carbocycles. The Labute approximate surface area is 75.6 Å². The molecule has 2 nitrogen and oxygen atoms in total. The molecule has 2 unspecified atom stereocenters. The van der Waals surface area contributed by atoms with Gasteiger partial charge in [-0.2, -0.15) is 0 Å². The molecule has 2 atom stereocenters. The lowest BCUT2D eigenvalue weighted by Gasteiger charge is -2.07. The molecule has 74 valence electrons. The summed E-state index contributed by atoms with van der Waals surface area (Å²) in [5.74, 6) is 0. The van der Waals surface area contributed by atoms with Gasteiger partial charge in [-0.1, -0.05) is 26.2 Å². The molecule has 0 radical (unpaired) electrons. The van der Waals surface area contributed by atoms with E-state index < -0.39 is 0 Å². The van der Waals surface area contributed by atoms with E-state index in [1.165, 1.54) is 0 Å². The summed E-state index contributed by atoms with van der Waals surface area (Å²) in [4.78, 5) is 0. The van der Waals surface area contributed by atoms with Gasteiger partial charge in [-0.3, -0.25) is 0 Å². The predicted octanol–water partition coefficient (Wildman–Crippen LogP) is 2.09. The van der Waals surface area contributed by atoms with Crippen LogP contribution in [-0.4, -0.2) is 22.4 Å². The van der Waals surface area contributed by atoms with E-state index in [4.69, 9.17) is 5.11 Å². The van der Waals surface area contributed by atoms with Gasteiger partial charge >= 0.3 is 0 Å². The fourth-order valence-corrected chi connectivity index (χ4v) is 1.20. The molecule has 0 heterocycles. The Hall–Kier alpha value is -0.0800. The average molecular weight is 174 g/mol. The zero-order valence-corrected chi connectivity index (χ0v) is 8.29. The molecule has 0 rings (SSSR count). The van der Waals surface area contributed by atoms with Gasteiger partial charge in [0.1, 0.15) is 0 Å². The van der Waals surface area contributed by atoms with Gasteiger partial charge in [0, 0.05) is 0 Å². The number of hydrogen-bond donors (Lipinski definition) is 2. The number of aliphatic hydroxyl groups is 2. The van der Waals surface area contributed by atoms with Crippen molar-refractivity contribution in [3.8, 4) is 0 Å². The highest BCUT2D eigenvalue weighted by Gasteiger charge is 2.00. The van der Waals surface area contributed by atoms with Crippen molar-refractivity contribution < 1.29 is 10.2 Å². The van der Waals surface area contributed by atoms with E-state index >= 15 is 0 Å². The van der Waals surface area contributed by atoms with Crippen LogP contribution in [0, 0.1) is 0 Å². The Morgan fingerprint density at radius 3 is 2.08 bits per heavy atom. The lowest BCUT2D eigenvalue weighted by atomic mass is 10.1. The van der Waals surface area contributed by atoms with E-state index in [0.717, 1.165) is 38.5 Å². The van der Waals surface area contributed by atoms with Gasteiger partial charge in [0.2, 0.25) is 0 Å². The van der Waals surface area contributed by atoms with Crippen LogP contribution >= 0.6 is 0 Å². The molecule has 0 saturated carbocycles. The van der Waals surface area contributed by atoms with Gasteiger partial charge in [0.25, 0.3) is 0 Å². The summed E-state index contributed by atoms with van der Waals surface area (Å²) in [6.07, 6.45) is 5.67. The van der Waals surface area contributed by atoms with Crippen molar-refractivity contribution in [3.05, 3.63) is 0 Å². The van der Waals surface area contributed by atoms with Crippen molar-refractivity contribution >= 4 is 0 Å². The second-order valence-electron chi connectivity index (χ2n) is 3.55. The summed E-state index contributed by atoms with van der Waals surface area (Å²) in [5, 5.41) is 18.2. The van der Waals surface area contributed by atoms with Crippen molar-refractivity contribution in [1.82, 2.24) is 0 Å². The average Bonchev–Trinajstić information content (AvgIpc) is 2.03. The maximum atomic E-state index is 9.22. The van der Waals surface area contributed by atoms with E-state index in [9.17, 15) is 5.11 Å². The first kappa shape index (κ1) is 11.9. The first-order valence-electron chi connectivity index (χ1n) is 5.03. The summed E-state index contributed by atoms with van der Waals surface area (Å²) in [6, 6.07) is 0. The van der Waals surface area contributed by atoms with Crippen LogP contribution in [0.25, 0.3) is 0 Å². The highest BCUT2D eigenvalue weighted by Crippen LogP contribution is 2.08. The number of hydrogen-bond acceptors (Lipinski definition) is 2. The molecular formula is C10H22O2.